The first kappa shape index (κ1) is 24.3. The quantitative estimate of drug-likeness (QED) is 0.594. The van der Waals surface area contributed by atoms with E-state index in [0.717, 1.165) is 6.61 Å². The molecule has 1 aromatic carbocycles. The molecule has 21 heavy (non-hydrogen) atoms. The highest BCUT2D eigenvalue weighted by atomic mass is 19.1. The molecule has 0 heterocycles. The number of halogens is 1. The Morgan fingerprint density at radius 1 is 1.10 bits per heavy atom. The van der Waals surface area contributed by atoms with Crippen molar-refractivity contribution in [2.24, 2.45) is 0 Å². The lowest BCUT2D eigenvalue weighted by molar-refractivity contribution is -0.104. The number of hydrogen-bond donors (Lipinski definition) is 0. The molecule has 0 aliphatic carbocycles. The number of ether oxygens (including phenoxy) is 2. The summed E-state index contributed by atoms with van der Waals surface area (Å²) >= 11 is 0. The number of allylic oxidation sites excluding steroid dienone is 1. The molecule has 0 amide bonds. The lowest BCUT2D eigenvalue weighted by Gasteiger charge is -2.00. The Labute approximate surface area is 128 Å². The van der Waals surface area contributed by atoms with Crippen molar-refractivity contribution < 1.29 is 18.7 Å². The summed E-state index contributed by atoms with van der Waals surface area (Å²) in [5, 5.41) is 0. The average Bonchev–Trinajstić information content (AvgIpc) is 2.56. The van der Waals surface area contributed by atoms with Gasteiger partial charge in [0.2, 0.25) is 0 Å². The average molecular weight is 300 g/mol. The van der Waals surface area contributed by atoms with Gasteiger partial charge in [-0.1, -0.05) is 33.8 Å². The standard InChI is InChI=1S/C10H9FO2.C3H8O.2C2H6/c1-13-10-6-8(3-2-4-12)5-9(11)7-10;1-3-4-2;2*1-2/h2-7H,1H3;3H2,1-2H3;2*1-2H3/b3-2+;;;. The minimum Gasteiger partial charge on any atom is -0.497 e. The summed E-state index contributed by atoms with van der Waals surface area (Å²) in [6.45, 7) is 10.8. The molecule has 0 bridgehead atoms. The van der Waals surface area contributed by atoms with Crippen LogP contribution in [0.1, 0.15) is 40.2 Å². The third kappa shape index (κ3) is 16.3. The smallest absolute Gasteiger partial charge is 0.142 e. The highest BCUT2D eigenvalue weighted by molar-refractivity contribution is 5.74. The van der Waals surface area contributed by atoms with E-state index in [2.05, 4.69) is 4.74 Å². The predicted molar refractivity (Wildman–Crippen MR) is 88.3 cm³/mol. The van der Waals surface area contributed by atoms with Crippen LogP contribution in [0.15, 0.2) is 24.3 Å². The van der Waals surface area contributed by atoms with Gasteiger partial charge in [0.1, 0.15) is 17.9 Å². The van der Waals surface area contributed by atoms with Gasteiger partial charge in [0, 0.05) is 19.8 Å². The zero-order chi connectivity index (χ0) is 17.1. The van der Waals surface area contributed by atoms with Crippen LogP contribution in [0.3, 0.4) is 0 Å². The fraction of sp³-hybridized carbons (Fsp3) is 0.471. The van der Waals surface area contributed by atoms with Gasteiger partial charge in [-0.3, -0.25) is 4.79 Å². The number of carbonyl (C=O) groups is 1. The molecular formula is C17H29FO3. The van der Waals surface area contributed by atoms with Crippen molar-refractivity contribution in [3.8, 4) is 5.75 Å². The molecule has 0 aromatic heterocycles. The molecule has 0 saturated carbocycles. The molecule has 0 aliphatic heterocycles. The van der Waals surface area contributed by atoms with Crippen molar-refractivity contribution in [1.82, 2.24) is 0 Å². The summed E-state index contributed by atoms with van der Waals surface area (Å²) in [5.41, 5.74) is 0.601. The Balaban J connectivity index is -0.000000343. The van der Waals surface area contributed by atoms with Gasteiger partial charge in [-0.15, -0.1) is 0 Å². The van der Waals surface area contributed by atoms with Gasteiger partial charge in [-0.25, -0.2) is 4.39 Å². The van der Waals surface area contributed by atoms with Crippen LogP contribution in [0.5, 0.6) is 5.75 Å². The van der Waals surface area contributed by atoms with E-state index < -0.39 is 0 Å². The van der Waals surface area contributed by atoms with Crippen LogP contribution in [-0.4, -0.2) is 27.1 Å². The van der Waals surface area contributed by atoms with Crippen LogP contribution < -0.4 is 4.74 Å². The normalized spacial score (nSPS) is 8.38. The van der Waals surface area contributed by atoms with Gasteiger partial charge in [0.15, 0.2) is 0 Å². The third-order valence-corrected chi connectivity index (χ3v) is 1.79. The predicted octanol–water partition coefficient (Wildman–Crippen LogP) is 4.75. The summed E-state index contributed by atoms with van der Waals surface area (Å²) < 4.78 is 22.2. The van der Waals surface area contributed by atoms with Crippen LogP contribution in [0.2, 0.25) is 0 Å². The Morgan fingerprint density at radius 3 is 2.00 bits per heavy atom. The molecule has 0 radical (unpaired) electrons. The maximum atomic E-state index is 12.8. The molecular weight excluding hydrogens is 271 g/mol. The minimum absolute atomic E-state index is 0.384. The molecule has 1 rings (SSSR count). The summed E-state index contributed by atoms with van der Waals surface area (Å²) in [6, 6.07) is 4.24. The number of rotatable bonds is 4. The van der Waals surface area contributed by atoms with Crippen molar-refractivity contribution in [2.75, 3.05) is 20.8 Å². The molecule has 0 aliphatic rings. The molecule has 0 unspecified atom stereocenters. The summed E-state index contributed by atoms with van der Waals surface area (Å²) in [7, 11) is 3.14. The van der Waals surface area contributed by atoms with Gasteiger partial charge < -0.3 is 9.47 Å². The molecule has 1 aromatic rings. The maximum Gasteiger partial charge on any atom is 0.142 e. The van der Waals surface area contributed by atoms with Gasteiger partial charge in [-0.2, -0.15) is 0 Å². The second-order valence-corrected chi connectivity index (χ2v) is 3.00. The lowest BCUT2D eigenvalue weighted by Crippen LogP contribution is -1.85. The molecule has 3 nitrogen and oxygen atoms in total. The molecule has 0 saturated heterocycles. The van der Waals surface area contributed by atoms with Gasteiger partial charge in [-0.05, 0) is 30.7 Å². The number of carbonyl (C=O) groups excluding carboxylic acids is 1. The first-order valence-corrected chi connectivity index (χ1v) is 7.13. The van der Waals surface area contributed by atoms with Crippen LogP contribution in [-0.2, 0) is 9.53 Å². The first-order chi connectivity index (χ1) is 10.2. The van der Waals surface area contributed by atoms with Crippen molar-refractivity contribution in [2.45, 2.75) is 34.6 Å². The fourth-order valence-corrected chi connectivity index (χ4v) is 0.949. The molecule has 0 fully saturated rings. The topological polar surface area (TPSA) is 35.5 Å². The van der Waals surface area contributed by atoms with Crippen LogP contribution in [0.25, 0.3) is 6.08 Å². The van der Waals surface area contributed by atoms with E-state index >= 15 is 0 Å². The number of aldehydes is 1. The summed E-state index contributed by atoms with van der Waals surface area (Å²) in [4.78, 5) is 10.0. The number of methoxy groups -OCH3 is 2. The Hall–Kier alpha value is -1.68. The zero-order valence-electron chi connectivity index (χ0n) is 14.3. The van der Waals surface area contributed by atoms with Gasteiger partial charge in [0.25, 0.3) is 0 Å². The Bertz CT molecular complexity index is 361. The monoisotopic (exact) mass is 300 g/mol. The molecule has 0 N–H and O–H groups in total. The summed E-state index contributed by atoms with van der Waals surface area (Å²) in [6.07, 6.45) is 3.45. The Kier molecular flexibility index (Phi) is 23.9. The third-order valence-electron chi connectivity index (χ3n) is 1.79. The van der Waals surface area contributed by atoms with E-state index in [-0.39, 0.29) is 5.82 Å². The second-order valence-electron chi connectivity index (χ2n) is 3.00. The molecule has 122 valence electrons. The van der Waals surface area contributed by atoms with Gasteiger partial charge >= 0.3 is 0 Å². The highest BCUT2D eigenvalue weighted by Crippen LogP contribution is 2.16. The second kappa shape index (κ2) is 20.6. The van der Waals surface area contributed by atoms with Crippen molar-refractivity contribution in [3.63, 3.8) is 0 Å². The molecule has 0 atom stereocenters. The van der Waals surface area contributed by atoms with E-state index in [1.807, 2.05) is 34.6 Å². The highest BCUT2D eigenvalue weighted by Gasteiger charge is 1.97. The fourth-order valence-electron chi connectivity index (χ4n) is 0.949. The lowest BCUT2D eigenvalue weighted by atomic mass is 10.2. The van der Waals surface area contributed by atoms with E-state index in [9.17, 15) is 9.18 Å². The van der Waals surface area contributed by atoms with E-state index in [1.54, 1.807) is 13.2 Å². The molecule has 4 heteroatoms. The van der Waals surface area contributed by atoms with Crippen LogP contribution in [0, 0.1) is 5.82 Å². The first-order valence-electron chi connectivity index (χ1n) is 7.13. The largest absolute Gasteiger partial charge is 0.497 e. The van der Waals surface area contributed by atoms with Crippen LogP contribution >= 0.6 is 0 Å². The zero-order valence-corrected chi connectivity index (χ0v) is 14.3. The maximum absolute atomic E-state index is 12.8. The van der Waals surface area contributed by atoms with E-state index in [4.69, 9.17) is 4.74 Å². The van der Waals surface area contributed by atoms with E-state index in [1.165, 1.54) is 31.4 Å². The van der Waals surface area contributed by atoms with Crippen molar-refractivity contribution in [1.29, 1.82) is 0 Å². The van der Waals surface area contributed by atoms with Crippen molar-refractivity contribution in [3.05, 3.63) is 35.7 Å². The Morgan fingerprint density at radius 2 is 1.62 bits per heavy atom. The SMILES string of the molecule is CC.CC.CCOC.COc1cc(F)cc(/C=C/C=O)c1. The number of benzene rings is 1. The molecule has 0 spiro atoms. The summed E-state index contributed by atoms with van der Waals surface area (Å²) in [5.74, 6) is 0.0513. The van der Waals surface area contributed by atoms with Gasteiger partial charge in [0.05, 0.1) is 7.11 Å². The van der Waals surface area contributed by atoms with Crippen LogP contribution in [0.4, 0.5) is 4.39 Å². The number of hydrogen-bond acceptors (Lipinski definition) is 3. The minimum atomic E-state index is -0.384. The van der Waals surface area contributed by atoms with E-state index in [0.29, 0.717) is 17.6 Å². The van der Waals surface area contributed by atoms with Crippen molar-refractivity contribution >= 4 is 12.4 Å².